The lowest BCUT2D eigenvalue weighted by Gasteiger charge is -2.07. The van der Waals surface area contributed by atoms with Crippen molar-refractivity contribution < 1.29 is 0 Å². The summed E-state index contributed by atoms with van der Waals surface area (Å²) in [4.78, 5) is 13.4. The highest BCUT2D eigenvalue weighted by atomic mass is 32.1. The number of anilines is 1. The van der Waals surface area contributed by atoms with Crippen LogP contribution in [0.25, 0.3) is 11.3 Å². The molecule has 4 nitrogen and oxygen atoms in total. The molecule has 5 heteroatoms. The van der Waals surface area contributed by atoms with Crippen molar-refractivity contribution >= 4 is 17.2 Å². The van der Waals surface area contributed by atoms with E-state index in [4.69, 9.17) is 0 Å². The first-order valence-corrected chi connectivity index (χ1v) is 8.17. The van der Waals surface area contributed by atoms with Crippen LogP contribution in [-0.4, -0.2) is 15.0 Å². The molecule has 22 heavy (non-hydrogen) atoms. The second kappa shape index (κ2) is 6.66. The molecule has 0 bridgehead atoms. The summed E-state index contributed by atoms with van der Waals surface area (Å²) in [5, 5.41) is 6.45. The first kappa shape index (κ1) is 14.7. The molecular formula is C17H18N4S. The van der Waals surface area contributed by atoms with E-state index >= 15 is 0 Å². The number of thiazole rings is 1. The van der Waals surface area contributed by atoms with E-state index in [-0.39, 0.29) is 0 Å². The minimum Gasteiger partial charge on any atom is -0.363 e. The quantitative estimate of drug-likeness (QED) is 0.762. The first-order chi connectivity index (χ1) is 10.7. The van der Waals surface area contributed by atoms with E-state index in [1.165, 1.54) is 0 Å². The van der Waals surface area contributed by atoms with E-state index in [9.17, 15) is 0 Å². The van der Waals surface area contributed by atoms with Gasteiger partial charge in [-0.2, -0.15) is 0 Å². The van der Waals surface area contributed by atoms with Gasteiger partial charge < -0.3 is 5.32 Å². The molecular weight excluding hydrogens is 292 g/mol. The van der Waals surface area contributed by atoms with Crippen LogP contribution < -0.4 is 5.32 Å². The monoisotopic (exact) mass is 310 g/mol. The van der Waals surface area contributed by atoms with Crippen LogP contribution in [0.2, 0.25) is 0 Å². The van der Waals surface area contributed by atoms with E-state index in [0.717, 1.165) is 27.9 Å². The van der Waals surface area contributed by atoms with Gasteiger partial charge in [-0.1, -0.05) is 44.2 Å². The molecule has 2 aromatic heterocycles. The topological polar surface area (TPSA) is 50.7 Å². The summed E-state index contributed by atoms with van der Waals surface area (Å²) >= 11 is 1.66. The summed E-state index contributed by atoms with van der Waals surface area (Å²) in [6, 6.07) is 12.1. The van der Waals surface area contributed by atoms with Crippen LogP contribution in [0, 0.1) is 0 Å². The lowest BCUT2D eigenvalue weighted by atomic mass is 10.2. The molecule has 3 aromatic rings. The normalized spacial score (nSPS) is 10.9. The Morgan fingerprint density at radius 2 is 1.91 bits per heavy atom. The van der Waals surface area contributed by atoms with Gasteiger partial charge in [0.2, 0.25) is 0 Å². The molecule has 2 heterocycles. The van der Waals surface area contributed by atoms with Gasteiger partial charge in [-0.25, -0.2) is 15.0 Å². The fraction of sp³-hybridized carbons (Fsp3) is 0.235. The van der Waals surface area contributed by atoms with E-state index in [1.807, 2.05) is 24.3 Å². The van der Waals surface area contributed by atoms with E-state index in [1.54, 1.807) is 17.5 Å². The number of hydrogen-bond acceptors (Lipinski definition) is 5. The molecule has 1 aromatic carbocycles. The largest absolute Gasteiger partial charge is 0.363 e. The molecule has 0 spiro atoms. The van der Waals surface area contributed by atoms with Crippen LogP contribution in [-0.2, 0) is 6.54 Å². The number of hydrogen-bond donors (Lipinski definition) is 1. The van der Waals surface area contributed by atoms with Crippen LogP contribution in [0.15, 0.2) is 48.0 Å². The third-order valence-corrected chi connectivity index (χ3v) is 4.08. The summed E-state index contributed by atoms with van der Waals surface area (Å²) in [5.74, 6) is 2.02. The number of rotatable bonds is 5. The Morgan fingerprint density at radius 1 is 1.09 bits per heavy atom. The summed E-state index contributed by atoms with van der Waals surface area (Å²) in [6.45, 7) is 4.85. The van der Waals surface area contributed by atoms with Gasteiger partial charge in [0.25, 0.3) is 0 Å². The van der Waals surface area contributed by atoms with Gasteiger partial charge in [0.15, 0.2) is 0 Å². The highest BCUT2D eigenvalue weighted by Gasteiger charge is 2.06. The van der Waals surface area contributed by atoms with Gasteiger partial charge in [0.05, 0.1) is 12.2 Å². The average molecular weight is 310 g/mol. The Kier molecular flexibility index (Phi) is 4.44. The highest BCUT2D eigenvalue weighted by molar-refractivity contribution is 7.09. The molecule has 1 N–H and O–H groups in total. The Balaban J connectivity index is 1.67. The van der Waals surface area contributed by atoms with Gasteiger partial charge in [-0.15, -0.1) is 11.3 Å². The highest BCUT2D eigenvalue weighted by Crippen LogP contribution is 2.22. The van der Waals surface area contributed by atoms with Crippen molar-refractivity contribution in [2.24, 2.45) is 0 Å². The van der Waals surface area contributed by atoms with Crippen molar-refractivity contribution in [3.05, 3.63) is 58.8 Å². The van der Waals surface area contributed by atoms with Crippen molar-refractivity contribution in [2.45, 2.75) is 26.3 Å². The van der Waals surface area contributed by atoms with Gasteiger partial charge >= 0.3 is 0 Å². The van der Waals surface area contributed by atoms with Crippen molar-refractivity contribution in [1.82, 2.24) is 15.0 Å². The van der Waals surface area contributed by atoms with E-state index in [2.05, 4.69) is 51.6 Å². The van der Waals surface area contributed by atoms with Crippen LogP contribution in [0.5, 0.6) is 0 Å². The summed E-state index contributed by atoms with van der Waals surface area (Å²) in [7, 11) is 0. The van der Waals surface area contributed by atoms with Crippen molar-refractivity contribution in [1.29, 1.82) is 0 Å². The third kappa shape index (κ3) is 3.49. The molecule has 0 atom stereocenters. The Labute approximate surface area is 134 Å². The molecule has 0 aliphatic heterocycles. The molecule has 3 rings (SSSR count). The maximum Gasteiger partial charge on any atom is 0.133 e. The summed E-state index contributed by atoms with van der Waals surface area (Å²) < 4.78 is 0. The SMILES string of the molecule is CC(C)c1nccc(NCc2nc(-c3ccccc3)cs2)n1. The predicted molar refractivity (Wildman–Crippen MR) is 91.0 cm³/mol. The van der Waals surface area contributed by atoms with Crippen molar-refractivity contribution in [3.63, 3.8) is 0 Å². The Bertz CT molecular complexity index is 737. The molecule has 0 saturated heterocycles. The lowest BCUT2D eigenvalue weighted by Crippen LogP contribution is -2.04. The molecule has 0 aliphatic carbocycles. The third-order valence-electron chi connectivity index (χ3n) is 3.23. The zero-order valence-electron chi connectivity index (χ0n) is 12.7. The van der Waals surface area contributed by atoms with Crippen LogP contribution in [0.3, 0.4) is 0 Å². The van der Waals surface area contributed by atoms with E-state index < -0.39 is 0 Å². The predicted octanol–water partition coefficient (Wildman–Crippen LogP) is 4.34. The molecule has 0 saturated carbocycles. The maximum atomic E-state index is 4.67. The minimum atomic E-state index is 0.325. The summed E-state index contributed by atoms with van der Waals surface area (Å²) in [6.07, 6.45) is 1.79. The maximum absolute atomic E-state index is 4.67. The fourth-order valence-electron chi connectivity index (χ4n) is 2.05. The molecule has 0 amide bonds. The number of nitrogens with zero attached hydrogens (tertiary/aromatic N) is 3. The Hall–Kier alpha value is -2.27. The average Bonchev–Trinajstić information content (AvgIpc) is 3.03. The van der Waals surface area contributed by atoms with Gasteiger partial charge in [0.1, 0.15) is 16.6 Å². The molecule has 112 valence electrons. The minimum absolute atomic E-state index is 0.325. The summed E-state index contributed by atoms with van der Waals surface area (Å²) in [5.41, 5.74) is 2.17. The number of nitrogens with one attached hydrogen (secondary N) is 1. The Morgan fingerprint density at radius 3 is 2.68 bits per heavy atom. The van der Waals surface area contributed by atoms with Gasteiger partial charge in [0, 0.05) is 23.1 Å². The standard InChI is InChI=1S/C17H18N4S/c1-12(2)17-18-9-8-15(21-17)19-10-16-20-14(11-22-16)13-6-4-3-5-7-13/h3-9,11-12H,10H2,1-2H3,(H,18,19,21). The molecule has 0 radical (unpaired) electrons. The van der Waals surface area contributed by atoms with Gasteiger partial charge in [-0.3, -0.25) is 0 Å². The lowest BCUT2D eigenvalue weighted by molar-refractivity contribution is 0.774. The van der Waals surface area contributed by atoms with Crippen LogP contribution in [0.4, 0.5) is 5.82 Å². The molecule has 0 fully saturated rings. The molecule has 0 unspecified atom stereocenters. The van der Waals surface area contributed by atoms with E-state index in [0.29, 0.717) is 12.5 Å². The number of benzene rings is 1. The second-order valence-electron chi connectivity index (χ2n) is 5.30. The first-order valence-electron chi connectivity index (χ1n) is 7.29. The number of aromatic nitrogens is 3. The van der Waals surface area contributed by atoms with Crippen molar-refractivity contribution in [2.75, 3.05) is 5.32 Å². The fourth-order valence-corrected chi connectivity index (χ4v) is 2.79. The molecule has 0 aliphatic rings. The smallest absolute Gasteiger partial charge is 0.133 e. The van der Waals surface area contributed by atoms with Crippen LogP contribution in [0.1, 0.15) is 30.6 Å². The zero-order chi connectivity index (χ0) is 15.4. The second-order valence-corrected chi connectivity index (χ2v) is 6.24. The van der Waals surface area contributed by atoms with Gasteiger partial charge in [-0.05, 0) is 6.07 Å². The van der Waals surface area contributed by atoms with Crippen LogP contribution >= 0.6 is 11.3 Å². The zero-order valence-corrected chi connectivity index (χ0v) is 13.5. The van der Waals surface area contributed by atoms with Crippen molar-refractivity contribution in [3.8, 4) is 11.3 Å².